The first-order chi connectivity index (χ1) is 16.7. The van der Waals surface area contributed by atoms with Gasteiger partial charge in [-0.05, 0) is 17.0 Å². The molecule has 1 aromatic carbocycles. The molecule has 2 atom stereocenters. The number of rotatable bonds is 3. The number of benzene rings is 1. The number of hydrogen-bond donors (Lipinski definition) is 1. The summed E-state index contributed by atoms with van der Waals surface area (Å²) in [4.78, 5) is 8.85. The second kappa shape index (κ2) is 7.52. The maximum atomic E-state index is 14.1. The number of nitrogens with zero attached hydrogens (tertiary/aromatic N) is 8. The summed E-state index contributed by atoms with van der Waals surface area (Å²) in [6.45, 7) is 4.16. The fourth-order valence-electron chi connectivity index (χ4n) is 4.56. The molecule has 1 N–H and O–H groups in total. The van der Waals surface area contributed by atoms with E-state index in [1.54, 1.807) is 24.0 Å². The zero-order chi connectivity index (χ0) is 24.5. The van der Waals surface area contributed by atoms with Crippen molar-refractivity contribution in [3.63, 3.8) is 0 Å². The van der Waals surface area contributed by atoms with E-state index in [0.717, 1.165) is 15.8 Å². The molecule has 0 radical (unpaired) electrons. The van der Waals surface area contributed by atoms with Crippen LogP contribution in [0.3, 0.4) is 0 Å². The Morgan fingerprint density at radius 1 is 1.09 bits per heavy atom. The molecule has 0 bridgehead atoms. The molecular weight excluding hydrogens is 459 g/mol. The van der Waals surface area contributed by atoms with E-state index in [4.69, 9.17) is 0 Å². The molecule has 1 aliphatic rings. The average Bonchev–Trinajstić information content (AvgIpc) is 3.53. The number of anilines is 1. The van der Waals surface area contributed by atoms with E-state index in [-0.39, 0.29) is 23.8 Å². The van der Waals surface area contributed by atoms with E-state index in [1.807, 2.05) is 24.3 Å². The lowest BCUT2D eigenvalue weighted by atomic mass is 9.94. The largest absolute Gasteiger partial charge is 0.410 e. The molecule has 5 heterocycles. The van der Waals surface area contributed by atoms with Crippen LogP contribution in [0.25, 0.3) is 28.2 Å². The molecule has 5 aromatic rings. The Bertz CT molecular complexity index is 1540. The number of aromatic nitrogens is 8. The summed E-state index contributed by atoms with van der Waals surface area (Å²) in [5, 5.41) is 16.8. The van der Waals surface area contributed by atoms with E-state index < -0.39 is 18.3 Å². The highest BCUT2D eigenvalue weighted by Crippen LogP contribution is 2.44. The minimum absolute atomic E-state index is 0.169. The Hall–Kier alpha value is -3.96. The summed E-state index contributed by atoms with van der Waals surface area (Å²) in [7, 11) is 1.77. The van der Waals surface area contributed by atoms with Crippen molar-refractivity contribution in [2.75, 3.05) is 5.32 Å². The van der Waals surface area contributed by atoms with Crippen LogP contribution in [0.15, 0.2) is 42.9 Å². The van der Waals surface area contributed by atoms with Gasteiger partial charge in [-0.15, -0.1) is 5.10 Å². The Labute approximate surface area is 197 Å². The normalized spacial score (nSPS) is 18.4. The van der Waals surface area contributed by atoms with Gasteiger partial charge in [-0.25, -0.2) is 19.2 Å². The molecule has 12 heteroatoms. The van der Waals surface area contributed by atoms with E-state index in [1.165, 1.54) is 10.8 Å². The minimum atomic E-state index is -4.46. The highest BCUT2D eigenvalue weighted by Gasteiger charge is 2.46. The van der Waals surface area contributed by atoms with Crippen molar-refractivity contribution in [1.82, 2.24) is 39.1 Å². The molecule has 1 aliphatic heterocycles. The SMILES string of the molecule is CC(C)c1ccc([C@H]2C[C@H](C(F)(F)F)n3nc(-c4nc5c6cnn(C)c6ncn5n4)cc3N2)cc1. The van der Waals surface area contributed by atoms with Crippen molar-refractivity contribution in [2.24, 2.45) is 7.05 Å². The summed E-state index contributed by atoms with van der Waals surface area (Å²) in [5.41, 5.74) is 3.32. The third kappa shape index (κ3) is 3.51. The predicted octanol–water partition coefficient (Wildman–Crippen LogP) is 4.66. The van der Waals surface area contributed by atoms with Crippen molar-refractivity contribution in [3.8, 4) is 11.5 Å². The van der Waals surface area contributed by atoms with Gasteiger partial charge in [0.05, 0.1) is 17.6 Å². The van der Waals surface area contributed by atoms with Crippen LogP contribution in [0.5, 0.6) is 0 Å². The second-order valence-electron chi connectivity index (χ2n) is 9.12. The van der Waals surface area contributed by atoms with Gasteiger partial charge >= 0.3 is 6.18 Å². The first kappa shape index (κ1) is 21.6. The summed E-state index contributed by atoms with van der Waals surface area (Å²) in [6.07, 6.45) is -1.50. The van der Waals surface area contributed by atoms with Crippen LogP contribution in [0, 0.1) is 0 Å². The molecule has 0 saturated heterocycles. The van der Waals surface area contributed by atoms with Gasteiger partial charge in [0.2, 0.25) is 5.82 Å². The average molecular weight is 481 g/mol. The molecule has 35 heavy (non-hydrogen) atoms. The summed E-state index contributed by atoms with van der Waals surface area (Å²) < 4.78 is 46.4. The van der Waals surface area contributed by atoms with Crippen LogP contribution in [-0.4, -0.2) is 45.3 Å². The van der Waals surface area contributed by atoms with Gasteiger partial charge in [-0.2, -0.15) is 23.4 Å². The smallest absolute Gasteiger partial charge is 0.363 e. The van der Waals surface area contributed by atoms with Gasteiger partial charge in [-0.3, -0.25) is 4.68 Å². The highest BCUT2D eigenvalue weighted by molar-refractivity contribution is 5.88. The monoisotopic (exact) mass is 481 g/mol. The van der Waals surface area contributed by atoms with E-state index in [2.05, 4.69) is 44.4 Å². The molecule has 0 fully saturated rings. The van der Waals surface area contributed by atoms with E-state index >= 15 is 0 Å². The topological polar surface area (TPSA) is 90.8 Å². The van der Waals surface area contributed by atoms with Gasteiger partial charge in [-0.1, -0.05) is 38.1 Å². The quantitative estimate of drug-likeness (QED) is 0.403. The molecule has 0 aliphatic carbocycles. The van der Waals surface area contributed by atoms with Gasteiger partial charge in [0.1, 0.15) is 17.8 Å². The standard InChI is InChI=1S/C23H22F3N9/c1-12(2)13-4-6-14(7-5-13)16-8-18(23(24,25)26)35-19(29-16)9-17(31-35)20-30-22-15-10-28-33(3)21(15)27-11-34(22)32-20/h4-7,9-12,16,18,29H,8H2,1-3H3/t16-,18-/m1/s1. The summed E-state index contributed by atoms with van der Waals surface area (Å²) in [6, 6.07) is 7.01. The van der Waals surface area contributed by atoms with Crippen molar-refractivity contribution >= 4 is 22.5 Å². The second-order valence-corrected chi connectivity index (χ2v) is 9.12. The number of hydrogen-bond acceptors (Lipinski definition) is 6. The number of nitrogens with one attached hydrogen (secondary N) is 1. The lowest BCUT2D eigenvalue weighted by Gasteiger charge is -2.33. The van der Waals surface area contributed by atoms with Crippen LogP contribution < -0.4 is 5.32 Å². The maximum Gasteiger partial charge on any atom is 0.410 e. The van der Waals surface area contributed by atoms with Crippen LogP contribution in [0.2, 0.25) is 0 Å². The maximum absolute atomic E-state index is 14.1. The van der Waals surface area contributed by atoms with Crippen molar-refractivity contribution in [3.05, 3.63) is 54.0 Å². The van der Waals surface area contributed by atoms with E-state index in [9.17, 15) is 13.2 Å². The Kier molecular flexibility index (Phi) is 4.63. The molecule has 180 valence electrons. The van der Waals surface area contributed by atoms with Gasteiger partial charge < -0.3 is 5.32 Å². The van der Waals surface area contributed by atoms with Crippen LogP contribution >= 0.6 is 0 Å². The van der Waals surface area contributed by atoms with Crippen LogP contribution in [0.4, 0.5) is 19.0 Å². The third-order valence-electron chi connectivity index (χ3n) is 6.49. The summed E-state index contributed by atoms with van der Waals surface area (Å²) in [5.74, 6) is 0.831. The van der Waals surface area contributed by atoms with Gasteiger partial charge in [0.25, 0.3) is 0 Å². The number of halogens is 3. The number of aryl methyl sites for hydroxylation is 1. The predicted molar refractivity (Wildman–Crippen MR) is 123 cm³/mol. The first-order valence-corrected chi connectivity index (χ1v) is 11.2. The molecule has 9 nitrogen and oxygen atoms in total. The number of alkyl halides is 3. The van der Waals surface area contributed by atoms with Gasteiger partial charge in [0, 0.05) is 19.5 Å². The number of fused-ring (bicyclic) bond motifs is 4. The lowest BCUT2D eigenvalue weighted by Crippen LogP contribution is -2.35. The zero-order valence-corrected chi connectivity index (χ0v) is 19.2. The molecule has 6 rings (SSSR count). The molecular formula is C23H22F3N9. The lowest BCUT2D eigenvalue weighted by molar-refractivity contribution is -0.173. The van der Waals surface area contributed by atoms with Gasteiger partial charge in [0.15, 0.2) is 17.3 Å². The highest BCUT2D eigenvalue weighted by atomic mass is 19.4. The van der Waals surface area contributed by atoms with E-state index in [0.29, 0.717) is 22.6 Å². The minimum Gasteiger partial charge on any atom is -0.363 e. The van der Waals surface area contributed by atoms with Crippen molar-refractivity contribution < 1.29 is 13.2 Å². The van der Waals surface area contributed by atoms with Crippen LogP contribution in [0.1, 0.15) is 49.4 Å². The van der Waals surface area contributed by atoms with Crippen molar-refractivity contribution in [2.45, 2.75) is 44.4 Å². The molecule has 0 spiro atoms. The zero-order valence-electron chi connectivity index (χ0n) is 19.2. The Morgan fingerprint density at radius 2 is 1.86 bits per heavy atom. The first-order valence-electron chi connectivity index (χ1n) is 11.2. The Morgan fingerprint density at radius 3 is 2.57 bits per heavy atom. The van der Waals surface area contributed by atoms with Crippen LogP contribution in [-0.2, 0) is 7.05 Å². The Balaban J connectivity index is 1.40. The molecule has 4 aromatic heterocycles. The fourth-order valence-corrected chi connectivity index (χ4v) is 4.56. The fraction of sp³-hybridized carbons (Fsp3) is 0.348. The molecule has 0 unspecified atom stereocenters. The third-order valence-corrected chi connectivity index (χ3v) is 6.49. The van der Waals surface area contributed by atoms with Crippen molar-refractivity contribution in [1.29, 1.82) is 0 Å². The molecule has 0 saturated carbocycles. The molecule has 0 amide bonds. The summed E-state index contributed by atoms with van der Waals surface area (Å²) >= 11 is 0.